The second-order valence-corrected chi connectivity index (χ2v) is 8.85. The van der Waals surface area contributed by atoms with Gasteiger partial charge in [-0.15, -0.1) is 5.10 Å². The molecular formula is C24H17Br2N3O3. The van der Waals surface area contributed by atoms with Crippen molar-refractivity contribution in [3.05, 3.63) is 98.7 Å². The predicted octanol–water partition coefficient (Wildman–Crippen LogP) is 5.81. The Morgan fingerprint density at radius 1 is 0.938 bits per heavy atom. The van der Waals surface area contributed by atoms with E-state index in [4.69, 9.17) is 4.74 Å². The van der Waals surface area contributed by atoms with E-state index in [0.717, 1.165) is 25.8 Å². The van der Waals surface area contributed by atoms with Crippen molar-refractivity contribution < 1.29 is 14.3 Å². The van der Waals surface area contributed by atoms with Gasteiger partial charge in [0.15, 0.2) is 18.2 Å². The molecule has 0 spiro atoms. The zero-order valence-electron chi connectivity index (χ0n) is 17.0. The molecule has 0 fully saturated rings. The molecular weight excluding hydrogens is 538 g/mol. The summed E-state index contributed by atoms with van der Waals surface area (Å²) in [7, 11) is 0. The maximum absolute atomic E-state index is 12.7. The van der Waals surface area contributed by atoms with E-state index in [1.165, 1.54) is 0 Å². The molecule has 0 saturated heterocycles. The van der Waals surface area contributed by atoms with E-state index < -0.39 is 12.6 Å². The lowest BCUT2D eigenvalue weighted by atomic mass is 10.1. The van der Waals surface area contributed by atoms with Gasteiger partial charge >= 0.3 is 5.97 Å². The molecule has 0 aliphatic rings. The number of aryl methyl sites for hydroxylation is 1. The largest absolute Gasteiger partial charge is 0.451 e. The Morgan fingerprint density at radius 2 is 1.59 bits per heavy atom. The fourth-order valence-electron chi connectivity index (χ4n) is 3.04. The lowest BCUT2D eigenvalue weighted by Gasteiger charge is -2.06. The summed E-state index contributed by atoms with van der Waals surface area (Å²) in [5, 5.41) is 4.38. The maximum atomic E-state index is 12.7. The molecule has 0 bridgehead atoms. The molecule has 0 N–H and O–H groups in total. The van der Waals surface area contributed by atoms with Gasteiger partial charge in [0.1, 0.15) is 0 Å². The number of halogens is 2. The Hall–Kier alpha value is -3.10. The van der Waals surface area contributed by atoms with Gasteiger partial charge in [-0.1, -0.05) is 68.3 Å². The number of Topliss-reactive ketones (excluding diaryl/α,β-unsaturated/α-hetero) is 1. The molecule has 3 aromatic carbocycles. The first-order valence-corrected chi connectivity index (χ1v) is 11.3. The van der Waals surface area contributed by atoms with Crippen molar-refractivity contribution in [2.75, 3.05) is 6.61 Å². The summed E-state index contributed by atoms with van der Waals surface area (Å²) < 4.78 is 8.60. The highest BCUT2D eigenvalue weighted by Crippen LogP contribution is 2.24. The monoisotopic (exact) mass is 553 g/mol. The van der Waals surface area contributed by atoms with Gasteiger partial charge in [0.2, 0.25) is 0 Å². The van der Waals surface area contributed by atoms with Gasteiger partial charge in [0.25, 0.3) is 5.82 Å². The van der Waals surface area contributed by atoms with Gasteiger partial charge in [0, 0.05) is 20.1 Å². The van der Waals surface area contributed by atoms with Crippen molar-refractivity contribution in [1.29, 1.82) is 0 Å². The molecule has 160 valence electrons. The van der Waals surface area contributed by atoms with Crippen LogP contribution >= 0.6 is 31.9 Å². The normalized spacial score (nSPS) is 10.7. The van der Waals surface area contributed by atoms with E-state index in [9.17, 15) is 9.59 Å². The van der Waals surface area contributed by atoms with Crippen LogP contribution in [-0.2, 0) is 4.74 Å². The smallest absolute Gasteiger partial charge is 0.378 e. The molecule has 32 heavy (non-hydrogen) atoms. The second kappa shape index (κ2) is 9.58. The quantitative estimate of drug-likeness (QED) is 0.222. The number of hydrogen-bond donors (Lipinski definition) is 0. The minimum atomic E-state index is -0.764. The summed E-state index contributed by atoms with van der Waals surface area (Å²) >= 11 is 6.75. The number of ether oxygens (including phenoxy) is 1. The zero-order chi connectivity index (χ0) is 22.7. The third kappa shape index (κ3) is 5.03. The minimum Gasteiger partial charge on any atom is -0.451 e. The number of nitrogens with zero attached hydrogens (tertiary/aromatic N) is 3. The summed E-state index contributed by atoms with van der Waals surface area (Å²) in [4.78, 5) is 29.4. The molecule has 4 aromatic rings. The zero-order valence-corrected chi connectivity index (χ0v) is 20.1. The Bertz CT molecular complexity index is 1280. The summed E-state index contributed by atoms with van der Waals surface area (Å²) in [6.45, 7) is 1.58. The van der Waals surface area contributed by atoms with Crippen LogP contribution in [0.15, 0.2) is 81.7 Å². The molecule has 8 heteroatoms. The second-order valence-electron chi connectivity index (χ2n) is 7.02. The number of ketones is 1. The van der Waals surface area contributed by atoms with Crippen molar-refractivity contribution in [3.8, 4) is 17.1 Å². The summed E-state index contributed by atoms with van der Waals surface area (Å²) in [5.41, 5.74) is 3.05. The van der Waals surface area contributed by atoms with Crippen molar-refractivity contribution in [3.63, 3.8) is 0 Å². The first-order chi connectivity index (χ1) is 15.4. The van der Waals surface area contributed by atoms with Crippen LogP contribution in [0.5, 0.6) is 0 Å². The fraction of sp³-hybridized carbons (Fsp3) is 0.0833. The molecule has 1 heterocycles. The summed E-state index contributed by atoms with van der Waals surface area (Å²) in [6.07, 6.45) is 0. The van der Waals surface area contributed by atoms with Crippen molar-refractivity contribution >= 4 is 43.6 Å². The van der Waals surface area contributed by atoms with E-state index in [-0.39, 0.29) is 11.6 Å². The molecule has 1 aromatic heterocycles. The topological polar surface area (TPSA) is 74.1 Å². The first kappa shape index (κ1) is 22.1. The molecule has 0 amide bonds. The first-order valence-electron chi connectivity index (χ1n) is 9.66. The predicted molar refractivity (Wildman–Crippen MR) is 128 cm³/mol. The number of esters is 1. The number of carbonyl (C=O) groups excluding carboxylic acids is 2. The van der Waals surface area contributed by atoms with Crippen molar-refractivity contribution in [1.82, 2.24) is 14.8 Å². The van der Waals surface area contributed by atoms with Crippen LogP contribution < -0.4 is 0 Å². The minimum absolute atomic E-state index is 0.118. The van der Waals surface area contributed by atoms with Crippen LogP contribution in [0.3, 0.4) is 0 Å². The van der Waals surface area contributed by atoms with Gasteiger partial charge in [-0.05, 0) is 48.9 Å². The SMILES string of the molecule is Cc1cccc(-n2nc(C(=O)OCC(=O)c3ccc(Br)cc3)nc2-c2ccc(Br)cc2)c1. The molecule has 0 aliphatic carbocycles. The number of aromatic nitrogens is 3. The summed E-state index contributed by atoms with van der Waals surface area (Å²) in [5.74, 6) is -0.695. The lowest BCUT2D eigenvalue weighted by Crippen LogP contribution is -2.15. The highest BCUT2D eigenvalue weighted by Gasteiger charge is 2.21. The Morgan fingerprint density at radius 3 is 2.25 bits per heavy atom. The van der Waals surface area contributed by atoms with E-state index in [1.54, 1.807) is 28.9 Å². The Labute approximate surface area is 201 Å². The van der Waals surface area contributed by atoms with Crippen molar-refractivity contribution in [2.45, 2.75) is 6.92 Å². The third-order valence-electron chi connectivity index (χ3n) is 4.64. The average molecular weight is 555 g/mol. The molecule has 0 atom stereocenters. The van der Waals surface area contributed by atoms with E-state index in [2.05, 4.69) is 41.9 Å². The van der Waals surface area contributed by atoms with Gasteiger partial charge in [-0.25, -0.2) is 14.5 Å². The standard InChI is InChI=1S/C24H17Br2N3O3/c1-15-3-2-4-20(13-15)29-23(17-7-11-19(26)12-8-17)27-22(28-29)24(31)32-14-21(30)16-5-9-18(25)10-6-16/h2-13H,14H2,1H3. The van der Waals surface area contributed by atoms with Crippen LogP contribution in [-0.4, -0.2) is 33.1 Å². The van der Waals surface area contributed by atoms with Crippen LogP contribution in [0.25, 0.3) is 17.1 Å². The van der Waals surface area contributed by atoms with Crippen LogP contribution in [0, 0.1) is 6.92 Å². The molecule has 0 saturated carbocycles. The van der Waals surface area contributed by atoms with Crippen LogP contribution in [0.1, 0.15) is 26.5 Å². The van der Waals surface area contributed by atoms with Gasteiger partial charge in [0.05, 0.1) is 5.69 Å². The van der Waals surface area contributed by atoms with Gasteiger partial charge < -0.3 is 4.74 Å². The highest BCUT2D eigenvalue weighted by atomic mass is 79.9. The van der Waals surface area contributed by atoms with Crippen molar-refractivity contribution in [2.24, 2.45) is 0 Å². The number of benzene rings is 3. The Kier molecular flexibility index (Phi) is 6.62. The number of hydrogen-bond acceptors (Lipinski definition) is 5. The number of rotatable bonds is 6. The molecule has 6 nitrogen and oxygen atoms in total. The van der Waals surface area contributed by atoms with Gasteiger partial charge in [-0.3, -0.25) is 4.79 Å². The Balaban J connectivity index is 1.61. The van der Waals surface area contributed by atoms with Gasteiger partial charge in [-0.2, -0.15) is 0 Å². The maximum Gasteiger partial charge on any atom is 0.378 e. The number of carbonyl (C=O) groups is 2. The average Bonchev–Trinajstić information content (AvgIpc) is 3.24. The van der Waals surface area contributed by atoms with Crippen LogP contribution in [0.4, 0.5) is 0 Å². The third-order valence-corrected chi connectivity index (χ3v) is 5.70. The molecule has 4 rings (SSSR count). The van der Waals surface area contributed by atoms with E-state index >= 15 is 0 Å². The van der Waals surface area contributed by atoms with Crippen LogP contribution in [0.2, 0.25) is 0 Å². The molecule has 0 aliphatic heterocycles. The lowest BCUT2D eigenvalue weighted by molar-refractivity contribution is 0.0462. The highest BCUT2D eigenvalue weighted by molar-refractivity contribution is 9.10. The van der Waals surface area contributed by atoms with E-state index in [0.29, 0.717) is 11.4 Å². The molecule has 0 radical (unpaired) electrons. The summed E-state index contributed by atoms with van der Waals surface area (Å²) in [6, 6.07) is 22.1. The van der Waals surface area contributed by atoms with E-state index in [1.807, 2.05) is 55.5 Å². The molecule has 0 unspecified atom stereocenters. The fourth-order valence-corrected chi connectivity index (χ4v) is 3.57.